The van der Waals surface area contributed by atoms with Crippen molar-refractivity contribution in [1.29, 1.82) is 0 Å². The molecule has 4 rings (SSSR count). The minimum absolute atomic E-state index is 0.0311. The van der Waals surface area contributed by atoms with Gasteiger partial charge in [-0.1, -0.05) is 18.2 Å². The predicted molar refractivity (Wildman–Crippen MR) is 101 cm³/mol. The molecule has 2 aromatic heterocycles. The molecule has 1 aliphatic heterocycles. The lowest BCUT2D eigenvalue weighted by atomic mass is 10.1. The van der Waals surface area contributed by atoms with E-state index in [1.54, 1.807) is 41.3 Å². The van der Waals surface area contributed by atoms with Crippen LogP contribution in [0.5, 0.6) is 11.8 Å². The van der Waals surface area contributed by atoms with Crippen LogP contribution in [0.4, 0.5) is 0 Å². The summed E-state index contributed by atoms with van der Waals surface area (Å²) < 4.78 is 16.1. The molecule has 0 saturated carbocycles. The number of ether oxygens (including phenoxy) is 2. The average Bonchev–Trinajstić information content (AvgIpc) is 2.73. The Labute approximate surface area is 160 Å². The van der Waals surface area contributed by atoms with Gasteiger partial charge in [-0.15, -0.1) is 10.2 Å². The number of hydrogen-bond donors (Lipinski definition) is 0. The van der Waals surface area contributed by atoms with Gasteiger partial charge < -0.3 is 18.8 Å². The quantitative estimate of drug-likeness (QED) is 0.640. The third-order valence-corrected chi connectivity index (χ3v) is 4.65. The molecule has 0 radical (unpaired) electrons. The van der Waals surface area contributed by atoms with Crippen molar-refractivity contribution in [3.63, 3.8) is 0 Å². The molecule has 1 aromatic carbocycles. The summed E-state index contributed by atoms with van der Waals surface area (Å²) in [6, 6.07) is 12.0. The Morgan fingerprint density at radius 2 is 1.96 bits per heavy atom. The fourth-order valence-corrected chi connectivity index (χ4v) is 3.25. The Bertz CT molecular complexity index is 1050. The number of carbonyl (C=O) groups is 1. The molecule has 1 saturated heterocycles. The van der Waals surface area contributed by atoms with Crippen molar-refractivity contribution in [2.24, 2.45) is 0 Å². The van der Waals surface area contributed by atoms with Gasteiger partial charge in [-0.3, -0.25) is 4.79 Å². The first kappa shape index (κ1) is 18.0. The van der Waals surface area contributed by atoms with Crippen LogP contribution in [0.15, 0.2) is 51.7 Å². The van der Waals surface area contributed by atoms with Gasteiger partial charge in [0.25, 0.3) is 5.91 Å². The molecular formula is C20H19N3O5. The fraction of sp³-hybridized carbons (Fsp3) is 0.300. The molecule has 8 nitrogen and oxygen atoms in total. The maximum atomic E-state index is 12.9. The number of methoxy groups -OCH3 is 1. The highest BCUT2D eigenvalue weighted by atomic mass is 16.5. The zero-order valence-corrected chi connectivity index (χ0v) is 15.3. The van der Waals surface area contributed by atoms with Crippen LogP contribution in [0, 0.1) is 0 Å². The van der Waals surface area contributed by atoms with E-state index in [4.69, 9.17) is 13.9 Å². The lowest BCUT2D eigenvalue weighted by molar-refractivity contribution is 0.0521. The van der Waals surface area contributed by atoms with Crippen molar-refractivity contribution >= 4 is 16.9 Å². The number of amides is 1. The lowest BCUT2D eigenvalue weighted by Gasteiger charge is -2.32. The second-order valence-corrected chi connectivity index (χ2v) is 6.53. The summed E-state index contributed by atoms with van der Waals surface area (Å²) in [6.45, 7) is 0.915. The Hall–Kier alpha value is -3.42. The van der Waals surface area contributed by atoms with E-state index in [0.717, 1.165) is 12.8 Å². The zero-order chi connectivity index (χ0) is 19.5. The largest absolute Gasteiger partial charge is 0.480 e. The van der Waals surface area contributed by atoms with E-state index in [1.807, 2.05) is 6.07 Å². The predicted octanol–water partition coefficient (Wildman–Crippen LogP) is 2.28. The van der Waals surface area contributed by atoms with E-state index in [-0.39, 0.29) is 17.6 Å². The number of nitrogens with zero attached hydrogens (tertiary/aromatic N) is 3. The number of rotatable bonds is 4. The number of benzene rings is 1. The van der Waals surface area contributed by atoms with Crippen LogP contribution in [0.25, 0.3) is 11.0 Å². The molecule has 1 amide bonds. The molecule has 1 fully saturated rings. The van der Waals surface area contributed by atoms with Gasteiger partial charge in [-0.2, -0.15) is 0 Å². The Morgan fingerprint density at radius 3 is 2.75 bits per heavy atom. The third kappa shape index (κ3) is 3.66. The van der Waals surface area contributed by atoms with Gasteiger partial charge >= 0.3 is 5.63 Å². The van der Waals surface area contributed by atoms with Crippen LogP contribution in [0.3, 0.4) is 0 Å². The van der Waals surface area contributed by atoms with Gasteiger partial charge in [0.05, 0.1) is 13.7 Å². The maximum Gasteiger partial charge on any atom is 0.349 e. The van der Waals surface area contributed by atoms with Crippen molar-refractivity contribution in [2.45, 2.75) is 18.9 Å². The average molecular weight is 381 g/mol. The summed E-state index contributed by atoms with van der Waals surface area (Å²) in [5.74, 6) is 0.412. The monoisotopic (exact) mass is 381 g/mol. The van der Waals surface area contributed by atoms with E-state index in [2.05, 4.69) is 10.2 Å². The standard InChI is InChI=1S/C20H19N3O5/c1-26-17-8-9-18(22-21-17)27-14-6-4-10-23(12-14)19(24)15-11-13-5-2-3-7-16(13)28-20(15)25/h2-3,5,7-9,11,14H,4,6,10,12H2,1H3. The first-order valence-electron chi connectivity index (χ1n) is 9.00. The molecule has 1 aliphatic rings. The van der Waals surface area contributed by atoms with Crippen LogP contribution in [0.1, 0.15) is 23.2 Å². The molecule has 0 N–H and O–H groups in total. The highest BCUT2D eigenvalue weighted by Gasteiger charge is 2.28. The minimum Gasteiger partial charge on any atom is -0.480 e. The molecule has 3 aromatic rings. The fourth-order valence-electron chi connectivity index (χ4n) is 3.25. The Morgan fingerprint density at radius 1 is 1.18 bits per heavy atom. The van der Waals surface area contributed by atoms with Gasteiger partial charge in [0.2, 0.25) is 11.8 Å². The molecule has 1 unspecified atom stereocenters. The molecule has 0 spiro atoms. The molecule has 8 heteroatoms. The summed E-state index contributed by atoms with van der Waals surface area (Å²) in [7, 11) is 1.51. The molecule has 3 heterocycles. The summed E-state index contributed by atoms with van der Waals surface area (Å²) in [6.07, 6.45) is 1.32. The molecule has 144 valence electrons. The number of fused-ring (bicyclic) bond motifs is 1. The third-order valence-electron chi connectivity index (χ3n) is 4.65. The van der Waals surface area contributed by atoms with Crippen LogP contribution < -0.4 is 15.1 Å². The lowest BCUT2D eigenvalue weighted by Crippen LogP contribution is -2.45. The van der Waals surface area contributed by atoms with Crippen molar-refractivity contribution in [2.75, 3.05) is 20.2 Å². The second kappa shape index (κ2) is 7.67. The van der Waals surface area contributed by atoms with Crippen molar-refractivity contribution < 1.29 is 18.7 Å². The smallest absolute Gasteiger partial charge is 0.349 e. The SMILES string of the molecule is COc1ccc(OC2CCCN(C(=O)c3cc4ccccc4oc3=O)C2)nn1. The molecule has 1 atom stereocenters. The number of carbonyl (C=O) groups excluding carboxylic acids is 1. The van der Waals surface area contributed by atoms with Gasteiger partial charge in [-0.05, 0) is 25.0 Å². The second-order valence-electron chi connectivity index (χ2n) is 6.53. The van der Waals surface area contributed by atoms with Crippen LogP contribution in [-0.4, -0.2) is 47.3 Å². The van der Waals surface area contributed by atoms with E-state index >= 15 is 0 Å². The first-order chi connectivity index (χ1) is 13.6. The van der Waals surface area contributed by atoms with E-state index in [0.29, 0.717) is 35.8 Å². The topological polar surface area (TPSA) is 94.8 Å². The van der Waals surface area contributed by atoms with Gasteiger partial charge in [0, 0.05) is 24.1 Å². The van der Waals surface area contributed by atoms with Gasteiger partial charge in [0.15, 0.2) is 0 Å². The van der Waals surface area contributed by atoms with Gasteiger partial charge in [-0.25, -0.2) is 4.79 Å². The van der Waals surface area contributed by atoms with E-state index in [9.17, 15) is 9.59 Å². The molecule has 0 aliphatic carbocycles. The normalized spacial score (nSPS) is 16.8. The summed E-state index contributed by atoms with van der Waals surface area (Å²) in [5, 5.41) is 8.54. The molecule has 0 bridgehead atoms. The molecular weight excluding hydrogens is 362 g/mol. The Kier molecular flexibility index (Phi) is 4.92. The van der Waals surface area contributed by atoms with Crippen LogP contribution >= 0.6 is 0 Å². The van der Waals surface area contributed by atoms with Crippen LogP contribution in [-0.2, 0) is 0 Å². The highest BCUT2D eigenvalue weighted by molar-refractivity contribution is 5.96. The zero-order valence-electron chi connectivity index (χ0n) is 15.3. The van der Waals surface area contributed by atoms with Crippen molar-refractivity contribution in [1.82, 2.24) is 15.1 Å². The number of likely N-dealkylation sites (tertiary alicyclic amines) is 1. The van der Waals surface area contributed by atoms with Crippen molar-refractivity contribution in [3.05, 3.63) is 58.4 Å². The number of piperidine rings is 1. The number of hydrogen-bond acceptors (Lipinski definition) is 7. The number of para-hydroxylation sites is 1. The summed E-state index contributed by atoms with van der Waals surface area (Å²) >= 11 is 0. The highest BCUT2D eigenvalue weighted by Crippen LogP contribution is 2.20. The number of aromatic nitrogens is 2. The van der Waals surface area contributed by atoms with E-state index in [1.165, 1.54) is 7.11 Å². The first-order valence-corrected chi connectivity index (χ1v) is 9.00. The van der Waals surface area contributed by atoms with Crippen molar-refractivity contribution in [3.8, 4) is 11.8 Å². The minimum atomic E-state index is -0.632. The Balaban J connectivity index is 1.50. The van der Waals surface area contributed by atoms with Crippen LogP contribution in [0.2, 0.25) is 0 Å². The summed E-state index contributed by atoms with van der Waals surface area (Å²) in [4.78, 5) is 26.8. The summed E-state index contributed by atoms with van der Waals surface area (Å²) in [5.41, 5.74) is -0.140. The van der Waals surface area contributed by atoms with Gasteiger partial charge in [0.1, 0.15) is 17.3 Å². The maximum absolute atomic E-state index is 12.9. The molecule has 28 heavy (non-hydrogen) atoms. The van der Waals surface area contributed by atoms with E-state index < -0.39 is 5.63 Å².